The minimum Gasteiger partial charge on any atom is -0.454 e. The molecule has 1 heterocycles. The Kier molecular flexibility index (Phi) is 5.84. The number of anilines is 3. The molecular weight excluding hydrogens is 571 g/mol. The van der Waals surface area contributed by atoms with Crippen molar-refractivity contribution in [3.63, 3.8) is 0 Å². The second-order valence-corrected chi connectivity index (χ2v) is 14.6. The standard InChI is InChI=1S/C45H37NO/c1-44(2,3)30-21-23-31(24-22-30)46(39-19-12-18-35-33-16-10-11-20-41(33)47-43(35)39)40-27-38-42(34-17-9-8-15-32(34)40)36-25-28-13-6-7-14-29(28)26-37(36)45(38,4)5/h6-27H,1-5H3. The van der Waals surface area contributed by atoms with Crippen LogP contribution in [0.25, 0.3) is 54.6 Å². The predicted octanol–water partition coefficient (Wildman–Crippen LogP) is 13.0. The van der Waals surface area contributed by atoms with Gasteiger partial charge in [0.15, 0.2) is 5.58 Å². The normalized spacial score (nSPS) is 13.8. The molecule has 2 heteroatoms. The Balaban J connectivity index is 1.37. The quantitative estimate of drug-likeness (QED) is 0.199. The lowest BCUT2D eigenvalue weighted by atomic mass is 9.81. The maximum absolute atomic E-state index is 6.68. The Morgan fingerprint density at radius 3 is 1.94 bits per heavy atom. The molecule has 1 aliphatic carbocycles. The van der Waals surface area contributed by atoms with Crippen LogP contribution in [0.15, 0.2) is 138 Å². The van der Waals surface area contributed by atoms with Crippen LogP contribution in [0.3, 0.4) is 0 Å². The molecule has 1 aliphatic rings. The van der Waals surface area contributed by atoms with Gasteiger partial charge in [0.05, 0.1) is 11.4 Å². The van der Waals surface area contributed by atoms with E-state index in [2.05, 4.69) is 167 Å². The van der Waals surface area contributed by atoms with Gasteiger partial charge in [-0.15, -0.1) is 0 Å². The average Bonchev–Trinajstić information content (AvgIpc) is 3.56. The van der Waals surface area contributed by atoms with Crippen molar-refractivity contribution >= 4 is 60.5 Å². The van der Waals surface area contributed by atoms with Crippen LogP contribution < -0.4 is 4.90 Å². The molecule has 0 saturated carbocycles. The van der Waals surface area contributed by atoms with E-state index in [0.29, 0.717) is 0 Å². The fourth-order valence-corrected chi connectivity index (χ4v) is 7.86. The SMILES string of the molecule is CC(C)(C)c1ccc(N(c2cc3c(c4ccccc24)-c2cc4ccccc4cc2C3(C)C)c2cccc3c2oc2ccccc23)cc1. The summed E-state index contributed by atoms with van der Waals surface area (Å²) in [5.41, 5.74) is 11.7. The topological polar surface area (TPSA) is 16.4 Å². The molecule has 2 nitrogen and oxygen atoms in total. The number of para-hydroxylation sites is 2. The molecule has 0 spiro atoms. The molecule has 228 valence electrons. The number of fused-ring (bicyclic) bond motifs is 9. The van der Waals surface area contributed by atoms with Crippen molar-refractivity contribution in [2.45, 2.75) is 45.4 Å². The van der Waals surface area contributed by atoms with Gasteiger partial charge in [-0.05, 0) is 91.9 Å². The van der Waals surface area contributed by atoms with Crippen molar-refractivity contribution < 1.29 is 4.42 Å². The number of nitrogens with zero attached hydrogens (tertiary/aromatic N) is 1. The van der Waals surface area contributed by atoms with Crippen LogP contribution in [0.1, 0.15) is 51.3 Å². The summed E-state index contributed by atoms with van der Waals surface area (Å²) >= 11 is 0. The third kappa shape index (κ3) is 4.11. The maximum Gasteiger partial charge on any atom is 0.159 e. The summed E-state index contributed by atoms with van der Waals surface area (Å²) in [6.45, 7) is 11.6. The highest BCUT2D eigenvalue weighted by molar-refractivity contribution is 6.14. The Labute approximate surface area is 275 Å². The van der Waals surface area contributed by atoms with Crippen molar-refractivity contribution in [2.24, 2.45) is 0 Å². The summed E-state index contributed by atoms with van der Waals surface area (Å²) in [5.74, 6) is 0. The molecule has 1 aromatic heterocycles. The second-order valence-electron chi connectivity index (χ2n) is 14.6. The molecule has 8 aromatic rings. The number of hydrogen-bond acceptors (Lipinski definition) is 2. The molecular formula is C45H37NO. The summed E-state index contributed by atoms with van der Waals surface area (Å²) in [4.78, 5) is 2.43. The molecule has 0 fully saturated rings. The monoisotopic (exact) mass is 607 g/mol. The van der Waals surface area contributed by atoms with Gasteiger partial charge in [0, 0.05) is 27.3 Å². The Morgan fingerprint density at radius 2 is 1.19 bits per heavy atom. The zero-order valence-electron chi connectivity index (χ0n) is 27.6. The van der Waals surface area contributed by atoms with Gasteiger partial charge in [-0.2, -0.15) is 0 Å². The van der Waals surface area contributed by atoms with Gasteiger partial charge in [0.1, 0.15) is 5.58 Å². The lowest BCUT2D eigenvalue weighted by Crippen LogP contribution is -2.17. The van der Waals surface area contributed by atoms with E-state index in [-0.39, 0.29) is 10.8 Å². The molecule has 9 rings (SSSR count). The van der Waals surface area contributed by atoms with E-state index < -0.39 is 0 Å². The molecule has 0 aliphatic heterocycles. The molecule has 0 bridgehead atoms. The summed E-state index contributed by atoms with van der Waals surface area (Å²) in [6, 6.07) is 49.0. The van der Waals surface area contributed by atoms with E-state index >= 15 is 0 Å². The first-order valence-corrected chi connectivity index (χ1v) is 16.6. The average molecular weight is 608 g/mol. The molecule has 0 unspecified atom stereocenters. The predicted molar refractivity (Wildman–Crippen MR) is 200 cm³/mol. The van der Waals surface area contributed by atoms with Crippen molar-refractivity contribution in [3.05, 3.63) is 150 Å². The first-order valence-electron chi connectivity index (χ1n) is 16.6. The van der Waals surface area contributed by atoms with Crippen LogP contribution in [0.2, 0.25) is 0 Å². The molecule has 0 N–H and O–H groups in total. The first kappa shape index (κ1) is 27.9. The van der Waals surface area contributed by atoms with Crippen molar-refractivity contribution in [2.75, 3.05) is 4.90 Å². The van der Waals surface area contributed by atoms with Crippen molar-refractivity contribution in [3.8, 4) is 11.1 Å². The number of rotatable bonds is 3. The van der Waals surface area contributed by atoms with E-state index in [1.807, 2.05) is 6.07 Å². The summed E-state index contributed by atoms with van der Waals surface area (Å²) in [7, 11) is 0. The van der Waals surface area contributed by atoms with E-state index in [0.717, 1.165) is 39.0 Å². The molecule has 0 amide bonds. The fourth-order valence-electron chi connectivity index (χ4n) is 7.86. The van der Waals surface area contributed by atoms with Gasteiger partial charge in [-0.25, -0.2) is 0 Å². The Bertz CT molecular complexity index is 2520. The lowest BCUT2D eigenvalue weighted by Gasteiger charge is -2.30. The largest absolute Gasteiger partial charge is 0.454 e. The van der Waals surface area contributed by atoms with E-state index in [4.69, 9.17) is 4.42 Å². The first-order chi connectivity index (χ1) is 22.7. The highest BCUT2D eigenvalue weighted by atomic mass is 16.3. The third-order valence-corrected chi connectivity index (χ3v) is 10.4. The second kappa shape index (κ2) is 9.83. The van der Waals surface area contributed by atoms with Crippen LogP contribution in [-0.2, 0) is 10.8 Å². The highest BCUT2D eigenvalue weighted by Crippen LogP contribution is 2.55. The van der Waals surface area contributed by atoms with E-state index in [1.165, 1.54) is 49.4 Å². The minimum atomic E-state index is -0.180. The van der Waals surface area contributed by atoms with Gasteiger partial charge < -0.3 is 9.32 Å². The summed E-state index contributed by atoms with van der Waals surface area (Å²) < 4.78 is 6.68. The molecule has 0 saturated heterocycles. The lowest BCUT2D eigenvalue weighted by molar-refractivity contribution is 0.590. The number of hydrogen-bond donors (Lipinski definition) is 0. The minimum absolute atomic E-state index is 0.0573. The highest BCUT2D eigenvalue weighted by Gasteiger charge is 2.38. The molecule has 7 aromatic carbocycles. The molecule has 0 radical (unpaired) electrons. The Morgan fingerprint density at radius 1 is 0.553 bits per heavy atom. The van der Waals surface area contributed by atoms with E-state index in [1.54, 1.807) is 0 Å². The van der Waals surface area contributed by atoms with Gasteiger partial charge in [-0.3, -0.25) is 0 Å². The smallest absolute Gasteiger partial charge is 0.159 e. The van der Waals surface area contributed by atoms with Crippen LogP contribution in [0.5, 0.6) is 0 Å². The van der Waals surface area contributed by atoms with E-state index in [9.17, 15) is 0 Å². The van der Waals surface area contributed by atoms with Gasteiger partial charge >= 0.3 is 0 Å². The fraction of sp³-hybridized carbons (Fsp3) is 0.156. The van der Waals surface area contributed by atoms with Crippen LogP contribution in [0, 0.1) is 0 Å². The summed E-state index contributed by atoms with van der Waals surface area (Å²) in [6.07, 6.45) is 0. The molecule has 0 atom stereocenters. The van der Waals surface area contributed by atoms with Crippen LogP contribution in [-0.4, -0.2) is 0 Å². The van der Waals surface area contributed by atoms with Crippen molar-refractivity contribution in [1.29, 1.82) is 0 Å². The Hall–Kier alpha value is -5.34. The number of furan rings is 1. The van der Waals surface area contributed by atoms with Crippen LogP contribution >= 0.6 is 0 Å². The molecule has 47 heavy (non-hydrogen) atoms. The van der Waals surface area contributed by atoms with Gasteiger partial charge in [0.25, 0.3) is 0 Å². The number of benzene rings is 7. The maximum atomic E-state index is 6.68. The van der Waals surface area contributed by atoms with Crippen molar-refractivity contribution in [1.82, 2.24) is 0 Å². The van der Waals surface area contributed by atoms with Gasteiger partial charge in [0.2, 0.25) is 0 Å². The third-order valence-electron chi connectivity index (χ3n) is 10.4. The summed E-state index contributed by atoms with van der Waals surface area (Å²) in [5, 5.41) is 7.31. The zero-order chi connectivity index (χ0) is 32.1. The zero-order valence-corrected chi connectivity index (χ0v) is 27.6. The van der Waals surface area contributed by atoms with Gasteiger partial charge in [-0.1, -0.05) is 126 Å². The van der Waals surface area contributed by atoms with Crippen LogP contribution in [0.4, 0.5) is 17.1 Å².